The SMILES string of the molecule is NC(=S)C1(C(=O)NCCCn2ccnn2)CC1. The molecule has 92 valence electrons. The summed E-state index contributed by atoms with van der Waals surface area (Å²) in [7, 11) is 0. The van der Waals surface area contributed by atoms with Crippen LogP contribution in [0.5, 0.6) is 0 Å². The number of aryl methyl sites for hydroxylation is 1. The number of nitrogens with two attached hydrogens (primary N) is 1. The summed E-state index contributed by atoms with van der Waals surface area (Å²) in [4.78, 5) is 12.1. The summed E-state index contributed by atoms with van der Waals surface area (Å²) in [6, 6.07) is 0. The largest absolute Gasteiger partial charge is 0.392 e. The van der Waals surface area contributed by atoms with Gasteiger partial charge in [0.1, 0.15) is 0 Å². The second kappa shape index (κ2) is 4.79. The van der Waals surface area contributed by atoms with Gasteiger partial charge in [0.15, 0.2) is 0 Å². The Hall–Kier alpha value is -1.50. The van der Waals surface area contributed by atoms with Gasteiger partial charge in [-0.05, 0) is 19.3 Å². The topological polar surface area (TPSA) is 85.8 Å². The summed E-state index contributed by atoms with van der Waals surface area (Å²) >= 11 is 4.91. The van der Waals surface area contributed by atoms with Gasteiger partial charge in [0.05, 0.1) is 16.6 Å². The van der Waals surface area contributed by atoms with Crippen LogP contribution in [0, 0.1) is 5.41 Å². The zero-order chi connectivity index (χ0) is 12.3. The molecule has 0 saturated heterocycles. The molecule has 0 atom stereocenters. The van der Waals surface area contributed by atoms with Crippen LogP contribution in [0.2, 0.25) is 0 Å². The maximum atomic E-state index is 11.8. The second-order valence-corrected chi connectivity index (χ2v) is 4.66. The molecule has 0 unspecified atom stereocenters. The number of carbonyl (C=O) groups is 1. The highest BCUT2D eigenvalue weighted by atomic mass is 32.1. The predicted molar refractivity (Wildman–Crippen MR) is 66.1 cm³/mol. The van der Waals surface area contributed by atoms with Crippen molar-refractivity contribution in [3.8, 4) is 0 Å². The molecule has 1 aromatic rings. The van der Waals surface area contributed by atoms with Gasteiger partial charge in [0.25, 0.3) is 0 Å². The van der Waals surface area contributed by atoms with Crippen molar-refractivity contribution >= 4 is 23.1 Å². The van der Waals surface area contributed by atoms with Gasteiger partial charge in [-0.25, -0.2) is 0 Å². The third kappa shape index (κ3) is 2.60. The van der Waals surface area contributed by atoms with Crippen molar-refractivity contribution in [3.63, 3.8) is 0 Å². The Labute approximate surface area is 105 Å². The lowest BCUT2D eigenvalue weighted by Gasteiger charge is -2.13. The number of thiocarbonyl (C=S) groups is 1. The Kier molecular flexibility index (Phi) is 3.37. The molecule has 7 heteroatoms. The maximum absolute atomic E-state index is 11.8. The van der Waals surface area contributed by atoms with Crippen molar-refractivity contribution in [1.29, 1.82) is 0 Å². The molecule has 0 aromatic carbocycles. The van der Waals surface area contributed by atoms with Crippen molar-refractivity contribution < 1.29 is 4.79 Å². The van der Waals surface area contributed by atoms with E-state index in [1.165, 1.54) is 0 Å². The lowest BCUT2D eigenvalue weighted by atomic mass is 10.1. The molecule has 3 N–H and O–H groups in total. The van der Waals surface area contributed by atoms with Crippen LogP contribution in [0.25, 0.3) is 0 Å². The van der Waals surface area contributed by atoms with E-state index in [0.717, 1.165) is 25.8 Å². The number of hydrogen-bond acceptors (Lipinski definition) is 4. The summed E-state index contributed by atoms with van der Waals surface area (Å²) in [6.45, 7) is 1.34. The van der Waals surface area contributed by atoms with Crippen LogP contribution < -0.4 is 11.1 Å². The minimum atomic E-state index is -0.553. The number of nitrogens with one attached hydrogen (secondary N) is 1. The minimum absolute atomic E-state index is 0.0383. The summed E-state index contributed by atoms with van der Waals surface area (Å²) < 4.78 is 1.73. The molecule has 2 rings (SSSR count). The van der Waals surface area contributed by atoms with Crippen molar-refractivity contribution in [2.45, 2.75) is 25.8 Å². The average Bonchev–Trinajstić information content (AvgIpc) is 2.97. The molecular weight excluding hydrogens is 238 g/mol. The normalized spacial score (nSPS) is 16.5. The fourth-order valence-corrected chi connectivity index (χ4v) is 1.97. The standard InChI is InChI=1S/C10H15N5OS/c11-8(17)10(2-3-10)9(16)12-4-1-6-15-7-5-13-14-15/h5,7H,1-4,6H2,(H2,11,17)(H,12,16). The lowest BCUT2D eigenvalue weighted by molar-refractivity contribution is -0.124. The van der Waals surface area contributed by atoms with Crippen LogP contribution in [0.4, 0.5) is 0 Å². The fourth-order valence-electron chi connectivity index (χ4n) is 1.67. The molecule has 6 nitrogen and oxygen atoms in total. The Balaban J connectivity index is 1.69. The first kappa shape index (κ1) is 12.0. The average molecular weight is 253 g/mol. The molecule has 1 aliphatic rings. The number of rotatable bonds is 6. The zero-order valence-corrected chi connectivity index (χ0v) is 10.2. The van der Waals surface area contributed by atoms with E-state index < -0.39 is 5.41 Å². The quantitative estimate of drug-likeness (QED) is 0.544. The molecule has 0 radical (unpaired) electrons. The van der Waals surface area contributed by atoms with Crippen LogP contribution in [0.1, 0.15) is 19.3 Å². The van der Waals surface area contributed by atoms with E-state index in [0.29, 0.717) is 11.5 Å². The maximum Gasteiger partial charge on any atom is 0.233 e. The summed E-state index contributed by atoms with van der Waals surface area (Å²) in [6.07, 6.45) is 5.78. The van der Waals surface area contributed by atoms with E-state index in [1.54, 1.807) is 17.1 Å². The first-order chi connectivity index (χ1) is 8.15. The molecule has 1 heterocycles. The third-order valence-electron chi connectivity index (χ3n) is 2.98. The number of carbonyl (C=O) groups excluding carboxylic acids is 1. The van der Waals surface area contributed by atoms with E-state index >= 15 is 0 Å². The van der Waals surface area contributed by atoms with Gasteiger partial charge < -0.3 is 11.1 Å². The first-order valence-corrected chi connectivity index (χ1v) is 5.98. The summed E-state index contributed by atoms with van der Waals surface area (Å²) in [5.41, 5.74) is 5.01. The Morgan fingerprint density at radius 2 is 2.35 bits per heavy atom. The molecule has 1 aliphatic carbocycles. The van der Waals surface area contributed by atoms with Gasteiger partial charge in [0, 0.05) is 19.3 Å². The second-order valence-electron chi connectivity index (χ2n) is 4.22. The van der Waals surface area contributed by atoms with Crippen LogP contribution in [0.3, 0.4) is 0 Å². The van der Waals surface area contributed by atoms with Gasteiger partial charge in [-0.2, -0.15) is 0 Å². The molecule has 1 aromatic heterocycles. The van der Waals surface area contributed by atoms with Crippen molar-refractivity contribution in [2.24, 2.45) is 11.1 Å². The van der Waals surface area contributed by atoms with Crippen LogP contribution in [-0.2, 0) is 11.3 Å². The van der Waals surface area contributed by atoms with Gasteiger partial charge in [0.2, 0.25) is 5.91 Å². The van der Waals surface area contributed by atoms with Gasteiger partial charge in [-0.1, -0.05) is 17.4 Å². The predicted octanol–water partition coefficient (Wildman–Crippen LogP) is -0.149. The number of amides is 1. The van der Waals surface area contributed by atoms with Gasteiger partial charge in [-0.15, -0.1) is 5.10 Å². The molecule has 1 fully saturated rings. The molecule has 0 aliphatic heterocycles. The van der Waals surface area contributed by atoms with E-state index in [1.807, 2.05) is 0 Å². The Morgan fingerprint density at radius 3 is 2.88 bits per heavy atom. The van der Waals surface area contributed by atoms with E-state index in [4.69, 9.17) is 18.0 Å². The fraction of sp³-hybridized carbons (Fsp3) is 0.600. The van der Waals surface area contributed by atoms with E-state index in [2.05, 4.69) is 15.6 Å². The number of nitrogens with zero attached hydrogens (tertiary/aromatic N) is 3. The highest BCUT2D eigenvalue weighted by Gasteiger charge is 2.52. The Bertz CT molecular complexity index is 412. The Morgan fingerprint density at radius 1 is 1.59 bits per heavy atom. The molecule has 17 heavy (non-hydrogen) atoms. The van der Waals surface area contributed by atoms with Crippen molar-refractivity contribution in [2.75, 3.05) is 6.54 Å². The zero-order valence-electron chi connectivity index (χ0n) is 9.43. The molecule has 1 saturated carbocycles. The van der Waals surface area contributed by atoms with Crippen LogP contribution >= 0.6 is 12.2 Å². The minimum Gasteiger partial charge on any atom is -0.392 e. The monoisotopic (exact) mass is 253 g/mol. The van der Waals surface area contributed by atoms with Crippen LogP contribution in [0.15, 0.2) is 12.4 Å². The molecule has 1 amide bonds. The summed E-state index contributed by atoms with van der Waals surface area (Å²) in [5, 5.41) is 10.4. The summed E-state index contributed by atoms with van der Waals surface area (Å²) in [5.74, 6) is -0.0383. The molecule has 0 spiro atoms. The van der Waals surface area contributed by atoms with Crippen molar-refractivity contribution in [1.82, 2.24) is 20.3 Å². The van der Waals surface area contributed by atoms with Crippen molar-refractivity contribution in [3.05, 3.63) is 12.4 Å². The highest BCUT2D eigenvalue weighted by Crippen LogP contribution is 2.46. The highest BCUT2D eigenvalue weighted by molar-refractivity contribution is 7.80. The third-order valence-corrected chi connectivity index (χ3v) is 3.37. The smallest absolute Gasteiger partial charge is 0.233 e. The van der Waals surface area contributed by atoms with E-state index in [-0.39, 0.29) is 5.91 Å². The van der Waals surface area contributed by atoms with Gasteiger partial charge >= 0.3 is 0 Å². The lowest BCUT2D eigenvalue weighted by Crippen LogP contribution is -2.40. The van der Waals surface area contributed by atoms with Crippen LogP contribution in [-0.4, -0.2) is 32.4 Å². The van der Waals surface area contributed by atoms with E-state index in [9.17, 15) is 4.79 Å². The molecular formula is C10H15N5OS. The number of hydrogen-bond donors (Lipinski definition) is 2. The molecule has 0 bridgehead atoms. The number of aromatic nitrogens is 3. The van der Waals surface area contributed by atoms with Gasteiger partial charge in [-0.3, -0.25) is 9.48 Å². The first-order valence-electron chi connectivity index (χ1n) is 5.57.